The molecule has 0 saturated carbocycles. The van der Waals surface area contributed by atoms with Gasteiger partial charge in [-0.25, -0.2) is 0 Å². The van der Waals surface area contributed by atoms with E-state index >= 15 is 0 Å². The van der Waals surface area contributed by atoms with E-state index in [4.69, 9.17) is 4.74 Å². The number of Topliss-reactive ketones (excluding diaryl/α,β-unsaturated/α-hetero) is 1. The van der Waals surface area contributed by atoms with Crippen molar-refractivity contribution in [1.29, 1.82) is 0 Å². The van der Waals surface area contributed by atoms with Gasteiger partial charge in [-0.1, -0.05) is 24.3 Å². The molecule has 22 heavy (non-hydrogen) atoms. The van der Waals surface area contributed by atoms with E-state index < -0.39 is 6.10 Å². The van der Waals surface area contributed by atoms with Gasteiger partial charge in [0.2, 0.25) is 0 Å². The lowest BCUT2D eigenvalue weighted by atomic mass is 10.1. The van der Waals surface area contributed by atoms with Gasteiger partial charge >= 0.3 is 0 Å². The Morgan fingerprint density at radius 1 is 1.09 bits per heavy atom. The topological polar surface area (TPSA) is 55.4 Å². The fourth-order valence-corrected chi connectivity index (χ4v) is 2.01. The predicted molar refractivity (Wildman–Crippen MR) is 86.3 cm³/mol. The van der Waals surface area contributed by atoms with E-state index in [2.05, 4.69) is 5.32 Å². The van der Waals surface area contributed by atoms with E-state index in [1.165, 1.54) is 6.92 Å². The van der Waals surface area contributed by atoms with E-state index in [1.54, 1.807) is 31.2 Å². The van der Waals surface area contributed by atoms with Gasteiger partial charge in [-0.2, -0.15) is 0 Å². The van der Waals surface area contributed by atoms with Crippen LogP contribution >= 0.6 is 0 Å². The average molecular weight is 297 g/mol. The monoisotopic (exact) mass is 297 g/mol. The van der Waals surface area contributed by atoms with Crippen molar-refractivity contribution < 1.29 is 14.3 Å². The molecular weight excluding hydrogens is 278 g/mol. The number of rotatable bonds is 5. The lowest BCUT2D eigenvalue weighted by Gasteiger charge is -2.15. The first-order valence-electron chi connectivity index (χ1n) is 7.11. The number of aryl methyl sites for hydroxylation is 1. The van der Waals surface area contributed by atoms with Crippen LogP contribution in [-0.2, 0) is 4.79 Å². The molecule has 0 aromatic heterocycles. The van der Waals surface area contributed by atoms with Crippen molar-refractivity contribution in [2.24, 2.45) is 0 Å². The predicted octanol–water partition coefficient (Wildman–Crippen LogP) is 3.60. The summed E-state index contributed by atoms with van der Waals surface area (Å²) in [6.45, 7) is 5.14. The standard InChI is InChI=1S/C18H19NO3/c1-12-6-4-9-17(10-12)22-14(3)18(21)19-16-8-5-7-15(11-16)13(2)20/h4-11,14H,1-3H3,(H,19,21)/t14-/m1/s1. The molecule has 0 unspecified atom stereocenters. The highest BCUT2D eigenvalue weighted by Gasteiger charge is 2.15. The molecule has 2 aromatic carbocycles. The highest BCUT2D eigenvalue weighted by Crippen LogP contribution is 2.16. The number of carbonyl (C=O) groups is 2. The molecule has 1 atom stereocenters. The third kappa shape index (κ3) is 4.19. The summed E-state index contributed by atoms with van der Waals surface area (Å²) in [5.41, 5.74) is 2.21. The first kappa shape index (κ1) is 15.8. The van der Waals surface area contributed by atoms with Gasteiger partial charge in [-0.15, -0.1) is 0 Å². The highest BCUT2D eigenvalue weighted by atomic mass is 16.5. The largest absolute Gasteiger partial charge is 0.481 e. The number of hydrogen-bond donors (Lipinski definition) is 1. The molecule has 1 N–H and O–H groups in total. The number of hydrogen-bond acceptors (Lipinski definition) is 3. The van der Waals surface area contributed by atoms with Crippen LogP contribution in [0.1, 0.15) is 29.8 Å². The molecule has 0 aliphatic heterocycles. The minimum atomic E-state index is -0.636. The molecule has 4 heteroatoms. The molecule has 0 spiro atoms. The number of carbonyl (C=O) groups excluding carboxylic acids is 2. The molecule has 0 heterocycles. The van der Waals surface area contributed by atoms with Crippen molar-refractivity contribution in [3.63, 3.8) is 0 Å². The Bertz CT molecular complexity index is 694. The maximum atomic E-state index is 12.2. The Hall–Kier alpha value is -2.62. The summed E-state index contributed by atoms with van der Waals surface area (Å²) in [4.78, 5) is 23.5. The van der Waals surface area contributed by atoms with Gasteiger partial charge in [-0.3, -0.25) is 9.59 Å². The van der Waals surface area contributed by atoms with E-state index in [-0.39, 0.29) is 11.7 Å². The highest BCUT2D eigenvalue weighted by molar-refractivity contribution is 5.98. The van der Waals surface area contributed by atoms with Crippen LogP contribution in [0, 0.1) is 6.92 Å². The molecule has 0 aliphatic carbocycles. The Labute approximate surface area is 130 Å². The average Bonchev–Trinajstić information content (AvgIpc) is 2.47. The second-order valence-corrected chi connectivity index (χ2v) is 5.20. The summed E-state index contributed by atoms with van der Waals surface area (Å²) in [6, 6.07) is 14.4. The quantitative estimate of drug-likeness (QED) is 0.858. The van der Waals surface area contributed by atoms with Crippen LogP contribution in [0.4, 0.5) is 5.69 Å². The number of amides is 1. The van der Waals surface area contributed by atoms with Crippen molar-refractivity contribution in [2.45, 2.75) is 26.9 Å². The SMILES string of the molecule is CC(=O)c1cccc(NC(=O)[C@@H](C)Oc2cccc(C)c2)c1. The zero-order valence-electron chi connectivity index (χ0n) is 12.9. The summed E-state index contributed by atoms with van der Waals surface area (Å²) in [5, 5.41) is 2.76. The normalized spacial score (nSPS) is 11.6. The summed E-state index contributed by atoms with van der Waals surface area (Å²) in [5.74, 6) is 0.350. The van der Waals surface area contributed by atoms with Crippen molar-refractivity contribution in [3.05, 3.63) is 59.7 Å². The Balaban J connectivity index is 2.02. The van der Waals surface area contributed by atoms with Crippen molar-refractivity contribution in [2.75, 3.05) is 5.32 Å². The van der Waals surface area contributed by atoms with Gasteiger partial charge in [0.15, 0.2) is 11.9 Å². The summed E-state index contributed by atoms with van der Waals surface area (Å²) < 4.78 is 5.63. The molecule has 1 amide bonds. The fraction of sp³-hybridized carbons (Fsp3) is 0.222. The Morgan fingerprint density at radius 3 is 2.50 bits per heavy atom. The van der Waals surface area contributed by atoms with Crippen molar-refractivity contribution >= 4 is 17.4 Å². The minimum absolute atomic E-state index is 0.0415. The van der Waals surface area contributed by atoms with E-state index in [0.717, 1.165) is 5.56 Å². The summed E-state index contributed by atoms with van der Waals surface area (Å²) in [7, 11) is 0. The zero-order chi connectivity index (χ0) is 16.1. The molecule has 0 fully saturated rings. The van der Waals surface area contributed by atoms with E-state index in [9.17, 15) is 9.59 Å². The summed E-state index contributed by atoms with van der Waals surface area (Å²) in [6.07, 6.45) is -0.636. The lowest BCUT2D eigenvalue weighted by molar-refractivity contribution is -0.122. The lowest BCUT2D eigenvalue weighted by Crippen LogP contribution is -2.30. The molecule has 2 rings (SSSR count). The van der Waals surface area contributed by atoms with Gasteiger partial charge in [0.05, 0.1) is 0 Å². The number of nitrogens with one attached hydrogen (secondary N) is 1. The van der Waals surface area contributed by atoms with Crippen LogP contribution in [0.15, 0.2) is 48.5 Å². The van der Waals surface area contributed by atoms with Crippen LogP contribution in [0.25, 0.3) is 0 Å². The van der Waals surface area contributed by atoms with E-state index in [1.807, 2.05) is 31.2 Å². The second-order valence-electron chi connectivity index (χ2n) is 5.20. The first-order valence-corrected chi connectivity index (χ1v) is 7.11. The second kappa shape index (κ2) is 6.89. The molecule has 4 nitrogen and oxygen atoms in total. The molecule has 0 aliphatic rings. The number of anilines is 1. The van der Waals surface area contributed by atoms with Gasteiger partial charge in [0.25, 0.3) is 5.91 Å². The van der Waals surface area contributed by atoms with Crippen LogP contribution in [-0.4, -0.2) is 17.8 Å². The van der Waals surface area contributed by atoms with Gasteiger partial charge in [0, 0.05) is 11.3 Å². The summed E-state index contributed by atoms with van der Waals surface area (Å²) >= 11 is 0. The maximum Gasteiger partial charge on any atom is 0.265 e. The Kier molecular flexibility index (Phi) is 4.94. The van der Waals surface area contributed by atoms with Gasteiger partial charge in [-0.05, 0) is 50.6 Å². The zero-order valence-corrected chi connectivity index (χ0v) is 12.9. The minimum Gasteiger partial charge on any atom is -0.481 e. The smallest absolute Gasteiger partial charge is 0.265 e. The van der Waals surface area contributed by atoms with Crippen LogP contribution in [0.5, 0.6) is 5.75 Å². The third-order valence-corrected chi connectivity index (χ3v) is 3.21. The third-order valence-electron chi connectivity index (χ3n) is 3.21. The van der Waals surface area contributed by atoms with Gasteiger partial charge in [0.1, 0.15) is 5.75 Å². The number of ketones is 1. The molecule has 2 aromatic rings. The number of benzene rings is 2. The fourth-order valence-electron chi connectivity index (χ4n) is 2.01. The Morgan fingerprint density at radius 2 is 1.82 bits per heavy atom. The molecule has 114 valence electrons. The molecule has 0 bridgehead atoms. The van der Waals surface area contributed by atoms with Crippen LogP contribution in [0.2, 0.25) is 0 Å². The van der Waals surface area contributed by atoms with Crippen LogP contribution < -0.4 is 10.1 Å². The van der Waals surface area contributed by atoms with E-state index in [0.29, 0.717) is 17.0 Å². The first-order chi connectivity index (χ1) is 10.5. The van der Waals surface area contributed by atoms with Crippen molar-refractivity contribution in [3.8, 4) is 5.75 Å². The molecular formula is C18H19NO3. The van der Waals surface area contributed by atoms with Crippen LogP contribution in [0.3, 0.4) is 0 Å². The molecule has 0 saturated heterocycles. The number of ether oxygens (including phenoxy) is 1. The molecule has 0 radical (unpaired) electrons. The maximum absolute atomic E-state index is 12.2. The van der Waals surface area contributed by atoms with Gasteiger partial charge < -0.3 is 10.1 Å². The van der Waals surface area contributed by atoms with Crippen molar-refractivity contribution in [1.82, 2.24) is 0 Å².